The van der Waals surface area contributed by atoms with Gasteiger partial charge in [-0.05, 0) is 35.9 Å². The number of hydrogen-bond donors (Lipinski definition) is 1. The minimum absolute atomic E-state index is 0.235. The molecule has 0 fully saturated rings. The van der Waals surface area contributed by atoms with Crippen molar-refractivity contribution >= 4 is 11.9 Å². The Kier molecular flexibility index (Phi) is 5.29. The topological polar surface area (TPSA) is 78.6 Å². The lowest BCUT2D eigenvalue weighted by atomic mass is 10.1. The maximum Gasteiger partial charge on any atom is 0.349 e. The number of para-hydroxylation sites is 1. The molecular weight excluding hydrogens is 330 g/mol. The standard InChI is InChI=1S/C21H17NO4/c22-21(24)16-10-12-17(13-11-16)26-20(23)14-25-19-9-5-4-8-18(19)15-6-2-1-3-7-15/h1-13H,14H2,(H2,22,24). The number of primary amides is 1. The van der Waals surface area contributed by atoms with Crippen molar-refractivity contribution in [1.29, 1.82) is 0 Å². The Morgan fingerprint density at radius 1 is 0.808 bits per heavy atom. The van der Waals surface area contributed by atoms with Crippen molar-refractivity contribution in [3.8, 4) is 22.6 Å². The molecule has 5 nitrogen and oxygen atoms in total. The molecule has 0 bridgehead atoms. The van der Waals surface area contributed by atoms with Gasteiger partial charge in [0.25, 0.3) is 0 Å². The number of carbonyl (C=O) groups is 2. The third-order valence-electron chi connectivity index (χ3n) is 3.69. The Morgan fingerprint density at radius 2 is 1.46 bits per heavy atom. The van der Waals surface area contributed by atoms with Crippen molar-refractivity contribution < 1.29 is 19.1 Å². The van der Waals surface area contributed by atoms with Crippen LogP contribution in [0.3, 0.4) is 0 Å². The van der Waals surface area contributed by atoms with E-state index in [0.29, 0.717) is 17.1 Å². The average molecular weight is 347 g/mol. The molecule has 5 heteroatoms. The molecule has 0 aliphatic heterocycles. The maximum atomic E-state index is 12.0. The molecule has 0 saturated carbocycles. The minimum Gasteiger partial charge on any atom is -0.481 e. The normalized spacial score (nSPS) is 10.2. The van der Waals surface area contributed by atoms with E-state index in [1.165, 1.54) is 24.3 Å². The molecule has 0 atom stereocenters. The number of amides is 1. The zero-order valence-corrected chi connectivity index (χ0v) is 13.9. The van der Waals surface area contributed by atoms with Gasteiger partial charge in [-0.25, -0.2) is 4.79 Å². The van der Waals surface area contributed by atoms with E-state index in [2.05, 4.69) is 0 Å². The monoisotopic (exact) mass is 347 g/mol. The SMILES string of the molecule is NC(=O)c1ccc(OC(=O)COc2ccccc2-c2ccccc2)cc1. The lowest BCUT2D eigenvalue weighted by Gasteiger charge is -2.11. The molecule has 3 aromatic rings. The molecule has 0 aliphatic rings. The number of nitrogens with two attached hydrogens (primary N) is 1. The van der Waals surface area contributed by atoms with E-state index < -0.39 is 11.9 Å². The van der Waals surface area contributed by atoms with Crippen LogP contribution in [0.1, 0.15) is 10.4 Å². The summed E-state index contributed by atoms with van der Waals surface area (Å²) in [6.45, 7) is -0.235. The first-order chi connectivity index (χ1) is 12.6. The van der Waals surface area contributed by atoms with Crippen molar-refractivity contribution in [3.05, 3.63) is 84.4 Å². The summed E-state index contributed by atoms with van der Waals surface area (Å²) in [5.41, 5.74) is 7.41. The Balaban J connectivity index is 1.64. The van der Waals surface area contributed by atoms with Crippen molar-refractivity contribution in [3.63, 3.8) is 0 Å². The highest BCUT2D eigenvalue weighted by atomic mass is 16.6. The Bertz CT molecular complexity index is 905. The van der Waals surface area contributed by atoms with E-state index >= 15 is 0 Å². The predicted octanol–water partition coefficient (Wildman–Crippen LogP) is 3.44. The van der Waals surface area contributed by atoms with Crippen LogP contribution in [0.15, 0.2) is 78.9 Å². The van der Waals surface area contributed by atoms with Gasteiger partial charge in [-0.1, -0.05) is 48.5 Å². The molecule has 130 valence electrons. The van der Waals surface area contributed by atoms with Gasteiger partial charge in [-0.15, -0.1) is 0 Å². The summed E-state index contributed by atoms with van der Waals surface area (Å²) >= 11 is 0. The second-order valence-electron chi connectivity index (χ2n) is 5.51. The molecule has 0 spiro atoms. The van der Waals surface area contributed by atoms with E-state index in [1.54, 1.807) is 6.07 Å². The summed E-state index contributed by atoms with van der Waals surface area (Å²) in [6, 6.07) is 23.3. The molecule has 3 aromatic carbocycles. The third kappa shape index (κ3) is 4.27. The third-order valence-corrected chi connectivity index (χ3v) is 3.69. The quantitative estimate of drug-likeness (QED) is 0.547. The van der Waals surface area contributed by atoms with Crippen LogP contribution < -0.4 is 15.2 Å². The van der Waals surface area contributed by atoms with Crippen LogP contribution >= 0.6 is 0 Å². The van der Waals surface area contributed by atoms with Gasteiger partial charge in [0.2, 0.25) is 5.91 Å². The molecule has 26 heavy (non-hydrogen) atoms. The predicted molar refractivity (Wildman–Crippen MR) is 98.0 cm³/mol. The zero-order chi connectivity index (χ0) is 18.4. The fourth-order valence-electron chi connectivity index (χ4n) is 2.43. The van der Waals surface area contributed by atoms with Crippen LogP contribution in [-0.2, 0) is 4.79 Å². The number of benzene rings is 3. The number of rotatable bonds is 6. The molecule has 0 saturated heterocycles. The second-order valence-corrected chi connectivity index (χ2v) is 5.51. The van der Waals surface area contributed by atoms with Crippen LogP contribution in [0.25, 0.3) is 11.1 Å². The Labute approximate surface area is 151 Å². The van der Waals surface area contributed by atoms with Gasteiger partial charge in [0.15, 0.2) is 6.61 Å². The molecule has 2 N–H and O–H groups in total. The second kappa shape index (κ2) is 7.98. The molecule has 3 rings (SSSR count). The van der Waals surface area contributed by atoms with Gasteiger partial charge in [-0.3, -0.25) is 4.79 Å². The van der Waals surface area contributed by atoms with Crippen molar-refractivity contribution in [2.24, 2.45) is 5.73 Å². The van der Waals surface area contributed by atoms with Crippen LogP contribution in [0, 0.1) is 0 Å². The van der Waals surface area contributed by atoms with E-state index in [4.69, 9.17) is 15.2 Å². The first-order valence-electron chi connectivity index (χ1n) is 8.01. The van der Waals surface area contributed by atoms with Crippen molar-refractivity contribution in [2.75, 3.05) is 6.61 Å². The molecule has 0 aliphatic carbocycles. The van der Waals surface area contributed by atoms with E-state index in [1.807, 2.05) is 48.5 Å². The lowest BCUT2D eigenvalue weighted by Crippen LogP contribution is -2.18. The number of esters is 1. The first kappa shape index (κ1) is 17.2. The molecule has 0 heterocycles. The van der Waals surface area contributed by atoms with Gasteiger partial charge in [0.1, 0.15) is 11.5 Å². The average Bonchev–Trinajstić information content (AvgIpc) is 2.68. The van der Waals surface area contributed by atoms with Gasteiger partial charge in [0, 0.05) is 11.1 Å². The molecule has 0 radical (unpaired) electrons. The highest BCUT2D eigenvalue weighted by Gasteiger charge is 2.10. The summed E-state index contributed by atoms with van der Waals surface area (Å²) in [7, 11) is 0. The zero-order valence-electron chi connectivity index (χ0n) is 13.9. The van der Waals surface area contributed by atoms with Crippen LogP contribution in [-0.4, -0.2) is 18.5 Å². The Hall–Kier alpha value is -3.60. The van der Waals surface area contributed by atoms with Gasteiger partial charge in [0.05, 0.1) is 0 Å². The lowest BCUT2D eigenvalue weighted by molar-refractivity contribution is -0.136. The van der Waals surface area contributed by atoms with Crippen LogP contribution in [0.2, 0.25) is 0 Å². The summed E-state index contributed by atoms with van der Waals surface area (Å²) in [6.07, 6.45) is 0. The van der Waals surface area contributed by atoms with Gasteiger partial charge in [-0.2, -0.15) is 0 Å². The van der Waals surface area contributed by atoms with Crippen molar-refractivity contribution in [2.45, 2.75) is 0 Å². The Morgan fingerprint density at radius 3 is 2.15 bits per heavy atom. The highest BCUT2D eigenvalue weighted by Crippen LogP contribution is 2.29. The number of ether oxygens (including phenoxy) is 2. The van der Waals surface area contributed by atoms with Gasteiger partial charge < -0.3 is 15.2 Å². The number of carbonyl (C=O) groups excluding carboxylic acids is 2. The molecule has 1 amide bonds. The highest BCUT2D eigenvalue weighted by molar-refractivity contribution is 5.92. The maximum absolute atomic E-state index is 12.0. The van der Waals surface area contributed by atoms with E-state index in [0.717, 1.165) is 11.1 Å². The van der Waals surface area contributed by atoms with Crippen LogP contribution in [0.5, 0.6) is 11.5 Å². The number of hydrogen-bond acceptors (Lipinski definition) is 4. The molecule has 0 aromatic heterocycles. The van der Waals surface area contributed by atoms with Crippen LogP contribution in [0.4, 0.5) is 0 Å². The summed E-state index contributed by atoms with van der Waals surface area (Å²) in [5.74, 6) is -0.164. The summed E-state index contributed by atoms with van der Waals surface area (Å²) in [5, 5.41) is 0. The first-order valence-corrected chi connectivity index (χ1v) is 8.01. The summed E-state index contributed by atoms with van der Waals surface area (Å²) < 4.78 is 10.8. The smallest absolute Gasteiger partial charge is 0.349 e. The van der Waals surface area contributed by atoms with E-state index in [9.17, 15) is 9.59 Å². The molecule has 0 unspecified atom stereocenters. The van der Waals surface area contributed by atoms with Crippen molar-refractivity contribution in [1.82, 2.24) is 0 Å². The van der Waals surface area contributed by atoms with E-state index in [-0.39, 0.29) is 6.61 Å². The minimum atomic E-state index is -0.542. The molecular formula is C21H17NO4. The fraction of sp³-hybridized carbons (Fsp3) is 0.0476. The fourth-order valence-corrected chi connectivity index (χ4v) is 2.43. The van der Waals surface area contributed by atoms with Gasteiger partial charge >= 0.3 is 5.97 Å². The summed E-state index contributed by atoms with van der Waals surface area (Å²) in [4.78, 5) is 23.1. The largest absolute Gasteiger partial charge is 0.481 e.